The van der Waals surface area contributed by atoms with Crippen LogP contribution in [0.25, 0.3) is 33.2 Å². The molecule has 1 amide bonds. The molecule has 2 aromatic heterocycles. The number of methoxy groups -OCH3 is 2. The molecule has 2 heterocycles. The molecule has 0 bridgehead atoms. The number of aromatic nitrogens is 2. The van der Waals surface area contributed by atoms with Gasteiger partial charge in [0.2, 0.25) is 5.91 Å². The molecule has 0 unspecified atom stereocenters. The lowest BCUT2D eigenvalue weighted by Gasteiger charge is -2.12. The molecule has 5 rings (SSSR count). The van der Waals surface area contributed by atoms with Crippen LogP contribution in [-0.4, -0.2) is 30.1 Å². The van der Waals surface area contributed by atoms with Crippen molar-refractivity contribution in [2.75, 3.05) is 19.5 Å². The second-order valence-electron chi connectivity index (χ2n) is 8.88. The number of rotatable bonds is 8. The van der Waals surface area contributed by atoms with Crippen LogP contribution in [0.15, 0.2) is 72.8 Å². The molecule has 0 aliphatic heterocycles. The number of aromatic amines is 1. The van der Waals surface area contributed by atoms with Gasteiger partial charge in [0.05, 0.1) is 36.8 Å². The smallest absolute Gasteiger partial charge is 0.224 e. The average molecular weight is 480 g/mol. The number of carbonyl (C=O) groups excluding carboxylic acids is 1. The van der Waals surface area contributed by atoms with E-state index in [1.165, 1.54) is 16.5 Å². The highest BCUT2D eigenvalue weighted by Gasteiger charge is 2.16. The van der Waals surface area contributed by atoms with Gasteiger partial charge < -0.3 is 19.8 Å². The Hall–Kier alpha value is -4.32. The van der Waals surface area contributed by atoms with Crippen LogP contribution >= 0.6 is 0 Å². The molecule has 0 aliphatic rings. The van der Waals surface area contributed by atoms with Gasteiger partial charge in [-0.15, -0.1) is 0 Å². The molecule has 6 heteroatoms. The lowest BCUT2D eigenvalue weighted by molar-refractivity contribution is -0.116. The van der Waals surface area contributed by atoms with Crippen molar-refractivity contribution in [3.63, 3.8) is 0 Å². The zero-order valence-corrected chi connectivity index (χ0v) is 20.7. The number of hydrogen-bond acceptors (Lipinski definition) is 4. The lowest BCUT2D eigenvalue weighted by atomic mass is 10.0. The molecule has 2 N–H and O–H groups in total. The Labute approximate surface area is 210 Å². The zero-order chi connectivity index (χ0) is 25.1. The molecule has 0 aliphatic carbocycles. The molecule has 6 nitrogen and oxygen atoms in total. The summed E-state index contributed by atoms with van der Waals surface area (Å²) in [5, 5.41) is 5.25. The molecule has 0 saturated carbocycles. The van der Waals surface area contributed by atoms with Gasteiger partial charge in [0.1, 0.15) is 11.5 Å². The Bertz CT molecular complexity index is 1550. The Morgan fingerprint density at radius 3 is 2.67 bits per heavy atom. The molecule has 0 atom stereocenters. The normalized spacial score (nSPS) is 11.1. The molecular weight excluding hydrogens is 450 g/mol. The quantitative estimate of drug-likeness (QED) is 0.261. The number of nitrogens with zero attached hydrogens (tertiary/aromatic N) is 1. The summed E-state index contributed by atoms with van der Waals surface area (Å²) in [4.78, 5) is 21.3. The van der Waals surface area contributed by atoms with Gasteiger partial charge in [-0.3, -0.25) is 4.79 Å². The molecule has 0 radical (unpaired) electrons. The highest BCUT2D eigenvalue weighted by atomic mass is 16.5. The minimum absolute atomic E-state index is 0.0667. The molecule has 0 spiro atoms. The molecule has 182 valence electrons. The third-order valence-electron chi connectivity index (χ3n) is 6.43. The third kappa shape index (κ3) is 4.75. The first-order chi connectivity index (χ1) is 17.6. The Balaban J connectivity index is 1.39. The second-order valence-corrected chi connectivity index (χ2v) is 8.88. The summed E-state index contributed by atoms with van der Waals surface area (Å²) in [6.07, 6.45) is 1.82. The summed E-state index contributed by atoms with van der Waals surface area (Å²) in [5.41, 5.74) is 6.94. The van der Waals surface area contributed by atoms with Gasteiger partial charge >= 0.3 is 0 Å². The van der Waals surface area contributed by atoms with Gasteiger partial charge in [0.15, 0.2) is 0 Å². The van der Waals surface area contributed by atoms with E-state index in [1.54, 1.807) is 32.4 Å². The highest BCUT2D eigenvalue weighted by molar-refractivity contribution is 5.93. The maximum atomic E-state index is 12.8. The monoisotopic (exact) mass is 479 g/mol. The average Bonchev–Trinajstić information content (AvgIpc) is 3.25. The van der Waals surface area contributed by atoms with E-state index < -0.39 is 0 Å². The SMILES string of the molecule is COc1ccc(OC)c(NC(=O)CCCc2c(-c3ccc4ccccc4n3)[nH]c3ccc(C)cc23)c1. The first-order valence-electron chi connectivity index (χ1n) is 12.0. The Kier molecular flexibility index (Phi) is 6.58. The van der Waals surface area contributed by atoms with Crippen molar-refractivity contribution in [3.05, 3.63) is 83.9 Å². The van der Waals surface area contributed by atoms with Crippen molar-refractivity contribution in [3.8, 4) is 22.9 Å². The van der Waals surface area contributed by atoms with Crippen molar-refractivity contribution < 1.29 is 14.3 Å². The van der Waals surface area contributed by atoms with Crippen molar-refractivity contribution >= 4 is 33.4 Å². The van der Waals surface area contributed by atoms with Crippen LogP contribution in [0.5, 0.6) is 11.5 Å². The van der Waals surface area contributed by atoms with Crippen LogP contribution in [0, 0.1) is 6.92 Å². The zero-order valence-electron chi connectivity index (χ0n) is 20.7. The second kappa shape index (κ2) is 10.1. The number of pyridine rings is 1. The largest absolute Gasteiger partial charge is 0.497 e. The number of benzene rings is 3. The molecule has 3 aromatic carbocycles. The van der Waals surface area contributed by atoms with E-state index >= 15 is 0 Å². The van der Waals surface area contributed by atoms with Crippen molar-refractivity contribution in [1.29, 1.82) is 0 Å². The number of H-pyrrole nitrogens is 1. The number of hydrogen-bond donors (Lipinski definition) is 2. The van der Waals surface area contributed by atoms with Gasteiger partial charge in [0.25, 0.3) is 0 Å². The van der Waals surface area contributed by atoms with Crippen LogP contribution in [0.1, 0.15) is 24.0 Å². The number of amides is 1. The summed E-state index contributed by atoms with van der Waals surface area (Å²) in [6.45, 7) is 2.10. The summed E-state index contributed by atoms with van der Waals surface area (Å²) < 4.78 is 10.7. The van der Waals surface area contributed by atoms with Crippen LogP contribution in [0.2, 0.25) is 0 Å². The topological polar surface area (TPSA) is 76.2 Å². The molecule has 36 heavy (non-hydrogen) atoms. The summed E-state index contributed by atoms with van der Waals surface area (Å²) in [6, 6.07) is 24.1. The maximum Gasteiger partial charge on any atom is 0.224 e. The fraction of sp³-hybridized carbons (Fsp3) is 0.200. The number of fused-ring (bicyclic) bond motifs is 2. The van der Waals surface area contributed by atoms with E-state index in [2.05, 4.69) is 53.6 Å². The molecule has 0 fully saturated rings. The highest BCUT2D eigenvalue weighted by Crippen LogP contribution is 2.33. The van der Waals surface area contributed by atoms with E-state index in [9.17, 15) is 4.79 Å². The van der Waals surface area contributed by atoms with Gasteiger partial charge in [-0.2, -0.15) is 0 Å². The molecule has 0 saturated heterocycles. The molecule has 5 aromatic rings. The Morgan fingerprint density at radius 2 is 1.83 bits per heavy atom. The number of anilines is 1. The van der Waals surface area contributed by atoms with Crippen LogP contribution in [-0.2, 0) is 11.2 Å². The Morgan fingerprint density at radius 1 is 0.972 bits per heavy atom. The van der Waals surface area contributed by atoms with E-state index in [1.807, 2.05) is 18.2 Å². The van der Waals surface area contributed by atoms with Crippen LogP contribution < -0.4 is 14.8 Å². The van der Waals surface area contributed by atoms with Crippen molar-refractivity contribution in [1.82, 2.24) is 9.97 Å². The van der Waals surface area contributed by atoms with Gasteiger partial charge in [-0.25, -0.2) is 4.98 Å². The number of ether oxygens (including phenoxy) is 2. The summed E-state index contributed by atoms with van der Waals surface area (Å²) >= 11 is 0. The summed E-state index contributed by atoms with van der Waals surface area (Å²) in [7, 11) is 3.18. The summed E-state index contributed by atoms with van der Waals surface area (Å²) in [5.74, 6) is 1.19. The van der Waals surface area contributed by atoms with Crippen molar-refractivity contribution in [2.45, 2.75) is 26.2 Å². The van der Waals surface area contributed by atoms with Gasteiger partial charge in [-0.05, 0) is 61.7 Å². The predicted molar refractivity (Wildman–Crippen MR) is 145 cm³/mol. The van der Waals surface area contributed by atoms with Crippen LogP contribution in [0.3, 0.4) is 0 Å². The third-order valence-corrected chi connectivity index (χ3v) is 6.43. The van der Waals surface area contributed by atoms with E-state index in [4.69, 9.17) is 14.5 Å². The predicted octanol–water partition coefficient (Wildman–Crippen LogP) is 6.67. The van der Waals surface area contributed by atoms with Gasteiger partial charge in [0, 0.05) is 28.8 Å². The first kappa shape index (κ1) is 23.4. The number of carbonyl (C=O) groups is 1. The van der Waals surface area contributed by atoms with Crippen molar-refractivity contribution in [2.24, 2.45) is 0 Å². The molecular formula is C30H29N3O3. The fourth-order valence-electron chi connectivity index (χ4n) is 4.60. The number of aryl methyl sites for hydroxylation is 2. The maximum absolute atomic E-state index is 12.8. The fourth-order valence-corrected chi connectivity index (χ4v) is 4.60. The lowest BCUT2D eigenvalue weighted by Crippen LogP contribution is -2.12. The van der Waals surface area contributed by atoms with Crippen LogP contribution in [0.4, 0.5) is 5.69 Å². The standard InChI is InChI=1S/C30H29N3O3/c1-19-11-14-25-23(17-19)22(30(33-25)26-15-12-20-7-4-5-9-24(20)31-26)8-6-10-29(34)32-27-18-21(35-2)13-16-28(27)36-3/h4-5,7,9,11-18,33H,6,8,10H2,1-3H3,(H,32,34). The minimum Gasteiger partial charge on any atom is -0.497 e. The number of para-hydroxylation sites is 1. The van der Waals surface area contributed by atoms with E-state index in [-0.39, 0.29) is 5.91 Å². The first-order valence-corrected chi connectivity index (χ1v) is 12.0. The van der Waals surface area contributed by atoms with E-state index in [0.717, 1.165) is 34.2 Å². The number of nitrogens with one attached hydrogen (secondary N) is 2. The van der Waals surface area contributed by atoms with Gasteiger partial charge in [-0.1, -0.05) is 35.9 Å². The minimum atomic E-state index is -0.0667. The van der Waals surface area contributed by atoms with E-state index in [0.29, 0.717) is 30.0 Å².